The Balaban J connectivity index is 0.935. The van der Waals surface area contributed by atoms with E-state index >= 15 is 0 Å². The van der Waals surface area contributed by atoms with Gasteiger partial charge in [-0.2, -0.15) is 0 Å². The molecule has 0 amide bonds. The zero-order valence-corrected chi connectivity index (χ0v) is 39.8. The summed E-state index contributed by atoms with van der Waals surface area (Å²) in [5, 5.41) is 11.7. The van der Waals surface area contributed by atoms with Gasteiger partial charge in [0.2, 0.25) is 0 Å². The minimum Gasteiger partial charge on any atom is -0.456 e. The Bertz CT molecular complexity index is 4480. The van der Waals surface area contributed by atoms with Gasteiger partial charge in [0.1, 0.15) is 22.3 Å². The first kappa shape index (κ1) is 40.7. The van der Waals surface area contributed by atoms with Crippen LogP contribution in [0.1, 0.15) is 25.0 Å². The molecule has 3 nitrogen and oxygen atoms in total. The number of para-hydroxylation sites is 1. The number of fused-ring (bicyclic) bond motifs is 16. The normalized spacial score (nSPS) is 13.0. The second-order valence-corrected chi connectivity index (χ2v) is 19.9. The molecule has 1 aliphatic carbocycles. The van der Waals surface area contributed by atoms with E-state index < -0.39 is 0 Å². The van der Waals surface area contributed by atoms with Gasteiger partial charge in [0.05, 0.1) is 0 Å². The van der Waals surface area contributed by atoms with Gasteiger partial charge in [-0.05, 0) is 149 Å². The van der Waals surface area contributed by atoms with E-state index in [1.165, 1.54) is 65.7 Å². The molecule has 12 aromatic carbocycles. The van der Waals surface area contributed by atoms with Crippen LogP contribution in [-0.4, -0.2) is 0 Å². The van der Waals surface area contributed by atoms with Crippen LogP contribution in [0, 0.1) is 0 Å². The fourth-order valence-corrected chi connectivity index (χ4v) is 12.2. The molecule has 0 radical (unpaired) electrons. The van der Waals surface area contributed by atoms with E-state index in [1.807, 2.05) is 12.1 Å². The Kier molecular flexibility index (Phi) is 8.71. The molecule has 0 atom stereocenters. The second-order valence-electron chi connectivity index (χ2n) is 19.9. The number of anilines is 3. The average Bonchev–Trinajstić information content (AvgIpc) is 4.08. The summed E-state index contributed by atoms with van der Waals surface area (Å²) < 4.78 is 13.6. The van der Waals surface area contributed by atoms with Crippen molar-refractivity contribution in [1.82, 2.24) is 0 Å². The molecule has 1 aliphatic rings. The van der Waals surface area contributed by atoms with Crippen molar-refractivity contribution < 1.29 is 8.83 Å². The summed E-state index contributed by atoms with van der Waals surface area (Å²) in [6.45, 7) is 4.71. The Labute approximate surface area is 416 Å². The van der Waals surface area contributed by atoms with Crippen molar-refractivity contribution in [2.45, 2.75) is 19.3 Å². The number of hydrogen-bond acceptors (Lipinski definition) is 3. The van der Waals surface area contributed by atoms with Crippen molar-refractivity contribution in [3.63, 3.8) is 0 Å². The van der Waals surface area contributed by atoms with Crippen molar-refractivity contribution in [2.75, 3.05) is 4.90 Å². The van der Waals surface area contributed by atoms with Crippen LogP contribution in [0.3, 0.4) is 0 Å². The Morgan fingerprint density at radius 3 is 1.53 bits per heavy atom. The molecule has 0 saturated carbocycles. The fourth-order valence-electron chi connectivity index (χ4n) is 12.2. The van der Waals surface area contributed by atoms with Crippen LogP contribution in [0.15, 0.2) is 245 Å². The van der Waals surface area contributed by atoms with E-state index in [2.05, 4.69) is 243 Å². The molecule has 0 saturated heterocycles. The highest BCUT2D eigenvalue weighted by molar-refractivity contribution is 6.29. The van der Waals surface area contributed by atoms with Gasteiger partial charge in [-0.15, -0.1) is 0 Å². The molecule has 0 bridgehead atoms. The molecular formula is C69H45NO2. The first-order valence-electron chi connectivity index (χ1n) is 24.9. The van der Waals surface area contributed by atoms with E-state index in [1.54, 1.807) is 0 Å². The van der Waals surface area contributed by atoms with Gasteiger partial charge in [-0.3, -0.25) is 0 Å². The van der Waals surface area contributed by atoms with Gasteiger partial charge >= 0.3 is 0 Å². The topological polar surface area (TPSA) is 29.5 Å². The maximum Gasteiger partial charge on any atom is 0.143 e. The summed E-state index contributed by atoms with van der Waals surface area (Å²) in [6, 6.07) is 86.2. The van der Waals surface area contributed by atoms with E-state index in [-0.39, 0.29) is 5.41 Å². The molecular weight excluding hydrogens is 875 g/mol. The predicted octanol–water partition coefficient (Wildman–Crippen LogP) is 19.7. The van der Waals surface area contributed by atoms with Crippen LogP contribution >= 0.6 is 0 Å². The van der Waals surface area contributed by atoms with Gasteiger partial charge in [-0.25, -0.2) is 0 Å². The standard InChI is InChI=1S/C69H45NO2/c1-69(2)60-22-12-10-20-55(60)56-35-33-48(41-61(56)69)70(46-29-24-43(25-30-46)42-14-4-3-5-15-42)47-31-26-44(27-32-47)49-36-37-58-67-64(39-38-63-66(67)57-21-11-13-23-62(57)71-63)72-68(58)65(49)45-28-34-54-52-18-7-6-16-50(52)51-17-8-9-19-53(51)59(54)40-45/h3-41H,1-2H3. The summed E-state index contributed by atoms with van der Waals surface area (Å²) in [6.07, 6.45) is 0. The van der Waals surface area contributed by atoms with Gasteiger partial charge in [0, 0.05) is 49.6 Å². The lowest BCUT2D eigenvalue weighted by atomic mass is 9.82. The van der Waals surface area contributed by atoms with Crippen LogP contribution in [0.4, 0.5) is 17.1 Å². The molecule has 0 fully saturated rings. The van der Waals surface area contributed by atoms with Crippen LogP contribution in [0.5, 0.6) is 0 Å². The Morgan fingerprint density at radius 2 is 0.806 bits per heavy atom. The van der Waals surface area contributed by atoms with Crippen molar-refractivity contribution in [3.05, 3.63) is 248 Å². The molecule has 0 spiro atoms. The highest BCUT2D eigenvalue weighted by atomic mass is 16.3. The summed E-state index contributed by atoms with van der Waals surface area (Å²) >= 11 is 0. The minimum atomic E-state index is -0.140. The molecule has 0 N–H and O–H groups in total. The second kappa shape index (κ2) is 15.4. The van der Waals surface area contributed by atoms with Gasteiger partial charge in [0.15, 0.2) is 0 Å². The van der Waals surface area contributed by atoms with Crippen LogP contribution in [0.2, 0.25) is 0 Å². The summed E-state index contributed by atoms with van der Waals surface area (Å²) in [4.78, 5) is 2.40. The van der Waals surface area contributed by atoms with Gasteiger partial charge in [-0.1, -0.05) is 184 Å². The number of nitrogens with zero attached hydrogens (tertiary/aromatic N) is 1. The van der Waals surface area contributed by atoms with E-state index in [9.17, 15) is 0 Å². The molecule has 72 heavy (non-hydrogen) atoms. The van der Waals surface area contributed by atoms with Crippen LogP contribution in [-0.2, 0) is 5.41 Å². The van der Waals surface area contributed by atoms with Crippen molar-refractivity contribution in [1.29, 1.82) is 0 Å². The number of benzene rings is 12. The highest BCUT2D eigenvalue weighted by Gasteiger charge is 2.36. The van der Waals surface area contributed by atoms with E-state index in [0.29, 0.717) is 0 Å². The Hall–Kier alpha value is -9.18. The largest absolute Gasteiger partial charge is 0.456 e. The van der Waals surface area contributed by atoms with Crippen molar-refractivity contribution in [3.8, 4) is 44.5 Å². The first-order chi connectivity index (χ1) is 35.5. The fraction of sp³-hybridized carbons (Fsp3) is 0.0435. The molecule has 3 heteroatoms. The zero-order chi connectivity index (χ0) is 47.7. The average molecular weight is 920 g/mol. The smallest absolute Gasteiger partial charge is 0.143 e. The SMILES string of the molecule is CC1(C)c2ccccc2-c2ccc(N(c3ccc(-c4ccccc4)cc3)c3ccc(-c4ccc5c(oc6ccc7oc8ccccc8c7c65)c4-c4ccc5c6ccccc6c6ccccc6c5c4)cc3)cc21. The van der Waals surface area contributed by atoms with Gasteiger partial charge < -0.3 is 13.7 Å². The van der Waals surface area contributed by atoms with E-state index in [4.69, 9.17) is 8.83 Å². The maximum atomic E-state index is 7.14. The summed E-state index contributed by atoms with van der Waals surface area (Å²) in [5.74, 6) is 0. The van der Waals surface area contributed by atoms with Crippen molar-refractivity contribution in [2.24, 2.45) is 0 Å². The van der Waals surface area contributed by atoms with E-state index in [0.717, 1.165) is 83.2 Å². The number of rotatable bonds is 6. The molecule has 2 aromatic heterocycles. The number of hydrogen-bond donors (Lipinski definition) is 0. The molecule has 15 rings (SSSR count). The maximum absolute atomic E-state index is 7.14. The monoisotopic (exact) mass is 919 g/mol. The third kappa shape index (κ3) is 5.98. The molecule has 14 aromatic rings. The van der Waals surface area contributed by atoms with Gasteiger partial charge in [0.25, 0.3) is 0 Å². The molecule has 0 unspecified atom stereocenters. The lowest BCUT2D eigenvalue weighted by Crippen LogP contribution is -2.16. The minimum absolute atomic E-state index is 0.140. The molecule has 2 heterocycles. The molecule has 338 valence electrons. The number of furan rings is 2. The van der Waals surface area contributed by atoms with Crippen molar-refractivity contribution >= 4 is 93.3 Å². The zero-order valence-electron chi connectivity index (χ0n) is 39.8. The third-order valence-corrected chi connectivity index (χ3v) is 15.7. The summed E-state index contributed by atoms with van der Waals surface area (Å²) in [5.41, 5.74) is 18.6. The Morgan fingerprint density at radius 1 is 0.306 bits per heavy atom. The lowest BCUT2D eigenvalue weighted by Gasteiger charge is -2.28. The van der Waals surface area contributed by atoms with Crippen LogP contribution < -0.4 is 4.90 Å². The third-order valence-electron chi connectivity index (χ3n) is 15.7. The lowest BCUT2D eigenvalue weighted by molar-refractivity contribution is 0.660. The first-order valence-corrected chi connectivity index (χ1v) is 24.9. The summed E-state index contributed by atoms with van der Waals surface area (Å²) in [7, 11) is 0. The molecule has 0 aliphatic heterocycles. The highest BCUT2D eigenvalue weighted by Crippen LogP contribution is 2.52. The predicted molar refractivity (Wildman–Crippen MR) is 302 cm³/mol. The quantitative estimate of drug-likeness (QED) is 0.156. The van der Waals surface area contributed by atoms with Crippen LogP contribution in [0.25, 0.3) is 121 Å².